The fourth-order valence-corrected chi connectivity index (χ4v) is 1.99. The van der Waals surface area contributed by atoms with Crippen LogP contribution in [0.4, 0.5) is 0 Å². The first kappa shape index (κ1) is 13.0. The third kappa shape index (κ3) is 4.20. The lowest BCUT2D eigenvalue weighted by Gasteiger charge is -2.03. The van der Waals surface area contributed by atoms with E-state index in [1.54, 1.807) is 7.11 Å². The number of ether oxygens (including phenoxy) is 1. The Kier molecular flexibility index (Phi) is 4.76. The molecule has 0 aliphatic carbocycles. The SMILES string of the molecule is COc1ccc(CCCS(=O)(=O)OC)cc1. The molecule has 0 aliphatic rings. The number of hydrogen-bond donors (Lipinski definition) is 0. The molecule has 0 radical (unpaired) electrons. The molecule has 90 valence electrons. The lowest BCUT2D eigenvalue weighted by Crippen LogP contribution is -2.08. The Morgan fingerprint density at radius 3 is 2.25 bits per heavy atom. The average molecular weight is 244 g/mol. The van der Waals surface area contributed by atoms with Gasteiger partial charge in [-0.25, -0.2) is 0 Å². The summed E-state index contributed by atoms with van der Waals surface area (Å²) in [6.45, 7) is 0. The minimum atomic E-state index is -3.33. The van der Waals surface area contributed by atoms with Gasteiger partial charge in [-0.3, -0.25) is 4.18 Å². The van der Waals surface area contributed by atoms with Crippen molar-refractivity contribution in [2.45, 2.75) is 12.8 Å². The minimum Gasteiger partial charge on any atom is -0.497 e. The first-order valence-electron chi connectivity index (χ1n) is 4.98. The molecule has 0 fully saturated rings. The maximum absolute atomic E-state index is 11.0. The van der Waals surface area contributed by atoms with E-state index in [0.717, 1.165) is 11.3 Å². The van der Waals surface area contributed by atoms with Gasteiger partial charge in [-0.05, 0) is 30.5 Å². The predicted molar refractivity (Wildman–Crippen MR) is 62.1 cm³/mol. The van der Waals surface area contributed by atoms with Crippen LogP contribution in [0, 0.1) is 0 Å². The van der Waals surface area contributed by atoms with Gasteiger partial charge in [0.05, 0.1) is 20.0 Å². The fraction of sp³-hybridized carbons (Fsp3) is 0.455. The third-order valence-electron chi connectivity index (χ3n) is 2.27. The van der Waals surface area contributed by atoms with Crippen molar-refractivity contribution in [2.75, 3.05) is 20.0 Å². The van der Waals surface area contributed by atoms with Crippen molar-refractivity contribution in [1.29, 1.82) is 0 Å². The van der Waals surface area contributed by atoms with Crippen LogP contribution in [-0.4, -0.2) is 28.4 Å². The quantitative estimate of drug-likeness (QED) is 0.713. The summed E-state index contributed by atoms with van der Waals surface area (Å²) in [7, 11) is -0.533. The molecule has 1 aromatic carbocycles. The number of benzene rings is 1. The minimum absolute atomic E-state index is 0.0511. The highest BCUT2D eigenvalue weighted by molar-refractivity contribution is 7.86. The maximum Gasteiger partial charge on any atom is 0.267 e. The molecule has 0 unspecified atom stereocenters. The Morgan fingerprint density at radius 2 is 1.75 bits per heavy atom. The molecule has 5 heteroatoms. The summed E-state index contributed by atoms with van der Waals surface area (Å²) >= 11 is 0. The van der Waals surface area contributed by atoms with Crippen molar-refractivity contribution in [2.24, 2.45) is 0 Å². The van der Waals surface area contributed by atoms with Gasteiger partial charge in [0.15, 0.2) is 0 Å². The molecular formula is C11H16O4S. The Balaban J connectivity index is 2.43. The highest BCUT2D eigenvalue weighted by Gasteiger charge is 2.07. The summed E-state index contributed by atoms with van der Waals surface area (Å²) in [5.74, 6) is 0.850. The van der Waals surface area contributed by atoms with Crippen LogP contribution in [0.15, 0.2) is 24.3 Å². The number of hydrogen-bond acceptors (Lipinski definition) is 4. The van der Waals surface area contributed by atoms with E-state index < -0.39 is 10.1 Å². The maximum atomic E-state index is 11.0. The van der Waals surface area contributed by atoms with Crippen LogP contribution >= 0.6 is 0 Å². The number of methoxy groups -OCH3 is 1. The van der Waals surface area contributed by atoms with Crippen molar-refractivity contribution in [3.8, 4) is 5.75 Å². The molecule has 0 spiro atoms. The topological polar surface area (TPSA) is 52.6 Å². The molecular weight excluding hydrogens is 228 g/mol. The zero-order valence-corrected chi connectivity index (χ0v) is 10.3. The Bertz CT molecular complexity index is 408. The van der Waals surface area contributed by atoms with Crippen LogP contribution in [0.2, 0.25) is 0 Å². The van der Waals surface area contributed by atoms with Gasteiger partial charge in [0.2, 0.25) is 0 Å². The van der Waals surface area contributed by atoms with Crippen molar-refractivity contribution < 1.29 is 17.3 Å². The summed E-state index contributed by atoms with van der Waals surface area (Å²) in [5, 5.41) is 0. The van der Waals surface area contributed by atoms with E-state index in [1.807, 2.05) is 24.3 Å². The fourth-order valence-electron chi connectivity index (χ4n) is 1.33. The van der Waals surface area contributed by atoms with Crippen LogP contribution in [-0.2, 0) is 20.7 Å². The second-order valence-electron chi connectivity index (χ2n) is 3.38. The number of aryl methyl sites for hydroxylation is 1. The molecule has 0 aromatic heterocycles. The lowest BCUT2D eigenvalue weighted by atomic mass is 10.1. The Labute approximate surface area is 96.3 Å². The lowest BCUT2D eigenvalue weighted by molar-refractivity contribution is 0.396. The first-order chi connectivity index (χ1) is 7.57. The van der Waals surface area contributed by atoms with Crippen LogP contribution in [0.1, 0.15) is 12.0 Å². The monoisotopic (exact) mass is 244 g/mol. The summed E-state index contributed by atoms with van der Waals surface area (Å²) < 4.78 is 31.5. The molecule has 0 heterocycles. The van der Waals surface area contributed by atoms with Crippen molar-refractivity contribution >= 4 is 10.1 Å². The average Bonchev–Trinajstić information content (AvgIpc) is 2.30. The Morgan fingerprint density at radius 1 is 1.12 bits per heavy atom. The van der Waals surface area contributed by atoms with Crippen molar-refractivity contribution in [3.63, 3.8) is 0 Å². The molecule has 1 aromatic rings. The van der Waals surface area contributed by atoms with Gasteiger partial charge < -0.3 is 4.74 Å². The molecule has 0 bridgehead atoms. The zero-order chi connectivity index (χ0) is 12.0. The Hall–Kier alpha value is -1.07. The van der Waals surface area contributed by atoms with Gasteiger partial charge in [0, 0.05) is 0 Å². The highest BCUT2D eigenvalue weighted by atomic mass is 32.2. The summed E-state index contributed by atoms with van der Waals surface area (Å²) in [5.41, 5.74) is 1.09. The van der Waals surface area contributed by atoms with Gasteiger partial charge in [-0.2, -0.15) is 8.42 Å². The smallest absolute Gasteiger partial charge is 0.267 e. The molecule has 0 amide bonds. The molecule has 0 saturated heterocycles. The first-order valence-corrected chi connectivity index (χ1v) is 6.56. The van der Waals surface area contributed by atoms with Gasteiger partial charge in [-0.15, -0.1) is 0 Å². The highest BCUT2D eigenvalue weighted by Crippen LogP contribution is 2.12. The molecule has 1 rings (SSSR count). The summed E-state index contributed by atoms with van der Waals surface area (Å²) in [4.78, 5) is 0. The largest absolute Gasteiger partial charge is 0.497 e. The molecule has 0 saturated carbocycles. The molecule has 4 nitrogen and oxygen atoms in total. The van der Waals surface area contributed by atoms with Crippen LogP contribution in [0.5, 0.6) is 5.75 Å². The van der Waals surface area contributed by atoms with Crippen LogP contribution in [0.25, 0.3) is 0 Å². The standard InChI is InChI=1S/C11H16O4S/c1-14-11-7-5-10(6-8-11)4-3-9-16(12,13)15-2/h5-8H,3-4,9H2,1-2H3. The second kappa shape index (κ2) is 5.86. The van der Waals surface area contributed by atoms with E-state index in [1.165, 1.54) is 7.11 Å². The van der Waals surface area contributed by atoms with Crippen molar-refractivity contribution in [1.82, 2.24) is 0 Å². The van der Waals surface area contributed by atoms with E-state index in [9.17, 15) is 8.42 Å². The van der Waals surface area contributed by atoms with Gasteiger partial charge >= 0.3 is 0 Å². The number of rotatable bonds is 6. The van der Waals surface area contributed by atoms with E-state index in [-0.39, 0.29) is 5.75 Å². The normalized spacial score (nSPS) is 11.4. The van der Waals surface area contributed by atoms with Crippen LogP contribution in [0.3, 0.4) is 0 Å². The predicted octanol–water partition coefficient (Wildman–Crippen LogP) is 1.60. The van der Waals surface area contributed by atoms with E-state index in [4.69, 9.17) is 4.74 Å². The van der Waals surface area contributed by atoms with E-state index >= 15 is 0 Å². The van der Waals surface area contributed by atoms with E-state index in [2.05, 4.69) is 4.18 Å². The van der Waals surface area contributed by atoms with Gasteiger partial charge in [-0.1, -0.05) is 12.1 Å². The summed E-state index contributed by atoms with van der Waals surface area (Å²) in [6, 6.07) is 7.58. The van der Waals surface area contributed by atoms with Crippen LogP contribution < -0.4 is 4.74 Å². The van der Waals surface area contributed by atoms with Crippen molar-refractivity contribution in [3.05, 3.63) is 29.8 Å². The van der Waals surface area contributed by atoms with E-state index in [0.29, 0.717) is 12.8 Å². The molecule has 16 heavy (non-hydrogen) atoms. The van der Waals surface area contributed by atoms with Gasteiger partial charge in [0.1, 0.15) is 5.75 Å². The summed E-state index contributed by atoms with van der Waals surface area (Å²) in [6.07, 6.45) is 1.27. The molecule has 0 N–H and O–H groups in total. The molecule has 0 aliphatic heterocycles. The second-order valence-corrected chi connectivity index (χ2v) is 5.24. The van der Waals surface area contributed by atoms with Gasteiger partial charge in [0.25, 0.3) is 10.1 Å². The molecule has 0 atom stereocenters. The third-order valence-corrected chi connectivity index (χ3v) is 3.57. The zero-order valence-electron chi connectivity index (χ0n) is 9.47.